The van der Waals surface area contributed by atoms with Crippen molar-refractivity contribution in [1.29, 1.82) is 5.26 Å². The monoisotopic (exact) mass is 282 g/mol. The lowest BCUT2D eigenvalue weighted by Crippen LogP contribution is -2.46. The summed E-state index contributed by atoms with van der Waals surface area (Å²) in [5.41, 5.74) is -0.269. The molecule has 1 atom stereocenters. The van der Waals surface area contributed by atoms with Crippen molar-refractivity contribution in [2.24, 2.45) is 0 Å². The van der Waals surface area contributed by atoms with Gasteiger partial charge >= 0.3 is 0 Å². The standard InChI is InChI=1S/C13H18N2O3S/c1-3-13(2,8-9-16)15-19(17,18)12-6-4-11(10-14)5-7-12/h4-7,15-16H,3,8-9H2,1-2H3. The highest BCUT2D eigenvalue weighted by Crippen LogP contribution is 2.19. The molecule has 0 radical (unpaired) electrons. The van der Waals surface area contributed by atoms with Crippen LogP contribution in [0.15, 0.2) is 29.2 Å². The minimum absolute atomic E-state index is 0.0831. The zero-order valence-corrected chi connectivity index (χ0v) is 11.9. The zero-order valence-electron chi connectivity index (χ0n) is 11.0. The molecule has 0 aromatic heterocycles. The van der Waals surface area contributed by atoms with Gasteiger partial charge in [-0.2, -0.15) is 5.26 Å². The van der Waals surface area contributed by atoms with Crippen molar-refractivity contribution in [3.63, 3.8) is 0 Å². The van der Waals surface area contributed by atoms with Gasteiger partial charge in [0.25, 0.3) is 0 Å². The van der Waals surface area contributed by atoms with E-state index in [-0.39, 0.29) is 11.5 Å². The fourth-order valence-electron chi connectivity index (χ4n) is 1.64. The molecule has 0 fully saturated rings. The van der Waals surface area contributed by atoms with E-state index in [2.05, 4.69) is 4.72 Å². The number of benzene rings is 1. The minimum atomic E-state index is -3.65. The van der Waals surface area contributed by atoms with Crippen LogP contribution in [0.1, 0.15) is 32.3 Å². The Kier molecular flexibility index (Phi) is 5.06. The van der Waals surface area contributed by atoms with Gasteiger partial charge in [-0.1, -0.05) is 6.92 Å². The summed E-state index contributed by atoms with van der Waals surface area (Å²) in [5.74, 6) is 0. The summed E-state index contributed by atoms with van der Waals surface area (Å²) < 4.78 is 27.0. The van der Waals surface area contributed by atoms with Crippen LogP contribution in [0.25, 0.3) is 0 Å². The van der Waals surface area contributed by atoms with Crippen LogP contribution in [0.5, 0.6) is 0 Å². The van der Waals surface area contributed by atoms with Gasteiger partial charge in [-0.15, -0.1) is 0 Å². The largest absolute Gasteiger partial charge is 0.396 e. The first kappa shape index (κ1) is 15.6. The number of hydrogen-bond donors (Lipinski definition) is 2. The molecule has 19 heavy (non-hydrogen) atoms. The van der Waals surface area contributed by atoms with E-state index in [1.165, 1.54) is 24.3 Å². The summed E-state index contributed by atoms with van der Waals surface area (Å²) in [6, 6.07) is 7.66. The topological polar surface area (TPSA) is 90.2 Å². The third-order valence-electron chi connectivity index (χ3n) is 3.12. The Bertz CT molecular complexity index is 561. The molecule has 5 nitrogen and oxygen atoms in total. The summed E-state index contributed by atoms with van der Waals surface area (Å²) in [5, 5.41) is 17.7. The highest BCUT2D eigenvalue weighted by Gasteiger charge is 2.28. The van der Waals surface area contributed by atoms with Crippen LogP contribution in [-0.2, 0) is 10.0 Å². The first-order valence-electron chi connectivity index (χ1n) is 6.02. The van der Waals surface area contributed by atoms with Gasteiger partial charge < -0.3 is 5.11 Å². The molecular formula is C13H18N2O3S. The predicted octanol–water partition coefficient (Wildman–Crippen LogP) is 1.39. The number of aliphatic hydroxyl groups is 1. The third-order valence-corrected chi connectivity index (χ3v) is 4.77. The molecule has 0 aliphatic rings. The van der Waals surface area contributed by atoms with Crippen LogP contribution in [-0.4, -0.2) is 25.7 Å². The molecule has 0 amide bonds. The average molecular weight is 282 g/mol. The van der Waals surface area contributed by atoms with E-state index in [1.54, 1.807) is 6.92 Å². The molecular weight excluding hydrogens is 264 g/mol. The second-order valence-corrected chi connectivity index (χ2v) is 6.31. The van der Waals surface area contributed by atoms with Crippen molar-refractivity contribution in [3.8, 4) is 6.07 Å². The number of hydrogen-bond acceptors (Lipinski definition) is 4. The summed E-state index contributed by atoms with van der Waals surface area (Å²) in [6.45, 7) is 3.53. The van der Waals surface area contributed by atoms with Crippen LogP contribution in [0.4, 0.5) is 0 Å². The molecule has 2 N–H and O–H groups in total. The summed E-state index contributed by atoms with van der Waals surface area (Å²) in [4.78, 5) is 0.115. The molecule has 0 aliphatic heterocycles. The summed E-state index contributed by atoms with van der Waals surface area (Å²) in [7, 11) is -3.65. The van der Waals surface area contributed by atoms with Gasteiger partial charge in [0.05, 0.1) is 16.5 Å². The van der Waals surface area contributed by atoms with Crippen LogP contribution < -0.4 is 4.72 Å². The Morgan fingerprint density at radius 3 is 2.37 bits per heavy atom. The van der Waals surface area contributed by atoms with Crippen LogP contribution in [0.2, 0.25) is 0 Å². The first-order chi connectivity index (χ1) is 8.87. The van der Waals surface area contributed by atoms with Crippen molar-refractivity contribution in [2.75, 3.05) is 6.61 Å². The number of rotatable bonds is 6. The first-order valence-corrected chi connectivity index (χ1v) is 7.50. The van der Waals surface area contributed by atoms with E-state index >= 15 is 0 Å². The van der Waals surface area contributed by atoms with E-state index in [1.807, 2.05) is 13.0 Å². The quantitative estimate of drug-likeness (QED) is 0.825. The van der Waals surface area contributed by atoms with Gasteiger partial charge in [0, 0.05) is 12.1 Å². The Balaban J connectivity index is 3.00. The molecule has 0 saturated carbocycles. The second kappa shape index (κ2) is 6.15. The molecule has 0 saturated heterocycles. The Morgan fingerprint density at radius 1 is 1.37 bits per heavy atom. The van der Waals surface area contributed by atoms with E-state index in [4.69, 9.17) is 10.4 Å². The molecule has 0 aliphatic carbocycles. The maximum absolute atomic E-state index is 12.2. The molecule has 104 valence electrons. The smallest absolute Gasteiger partial charge is 0.241 e. The lowest BCUT2D eigenvalue weighted by atomic mass is 9.97. The van der Waals surface area contributed by atoms with Crippen molar-refractivity contribution < 1.29 is 13.5 Å². The predicted molar refractivity (Wildman–Crippen MR) is 71.9 cm³/mol. The highest BCUT2D eigenvalue weighted by molar-refractivity contribution is 7.89. The normalized spacial score (nSPS) is 14.6. The maximum atomic E-state index is 12.2. The second-order valence-electron chi connectivity index (χ2n) is 4.63. The fraction of sp³-hybridized carbons (Fsp3) is 0.462. The number of nitrogens with one attached hydrogen (secondary N) is 1. The van der Waals surface area contributed by atoms with Gasteiger partial charge in [0.1, 0.15) is 0 Å². The SMILES string of the molecule is CCC(C)(CCO)NS(=O)(=O)c1ccc(C#N)cc1. The van der Waals surface area contributed by atoms with Crippen molar-refractivity contribution >= 4 is 10.0 Å². The van der Waals surface area contributed by atoms with E-state index < -0.39 is 15.6 Å². The van der Waals surface area contributed by atoms with E-state index in [0.717, 1.165) is 0 Å². The zero-order chi connectivity index (χ0) is 14.5. The fourth-order valence-corrected chi connectivity index (χ4v) is 3.15. The molecule has 1 aromatic rings. The van der Waals surface area contributed by atoms with Crippen LogP contribution in [0.3, 0.4) is 0 Å². The molecule has 0 spiro atoms. The summed E-state index contributed by atoms with van der Waals surface area (Å²) in [6.07, 6.45) is 0.919. The van der Waals surface area contributed by atoms with Crippen molar-refractivity contribution in [1.82, 2.24) is 4.72 Å². The molecule has 1 aromatic carbocycles. The lowest BCUT2D eigenvalue weighted by Gasteiger charge is -2.28. The number of nitriles is 1. The highest BCUT2D eigenvalue weighted by atomic mass is 32.2. The number of nitrogens with zero attached hydrogens (tertiary/aromatic N) is 1. The molecule has 0 bridgehead atoms. The van der Waals surface area contributed by atoms with Crippen molar-refractivity contribution in [3.05, 3.63) is 29.8 Å². The molecule has 1 unspecified atom stereocenters. The maximum Gasteiger partial charge on any atom is 0.241 e. The van der Waals surface area contributed by atoms with Gasteiger partial charge in [-0.25, -0.2) is 13.1 Å². The lowest BCUT2D eigenvalue weighted by molar-refractivity contribution is 0.233. The Hall–Kier alpha value is -1.42. The van der Waals surface area contributed by atoms with E-state index in [0.29, 0.717) is 18.4 Å². The number of aliphatic hydroxyl groups excluding tert-OH is 1. The van der Waals surface area contributed by atoms with Gasteiger partial charge in [-0.3, -0.25) is 0 Å². The van der Waals surface area contributed by atoms with E-state index in [9.17, 15) is 8.42 Å². The number of sulfonamides is 1. The van der Waals surface area contributed by atoms with Gasteiger partial charge in [-0.05, 0) is 44.0 Å². The van der Waals surface area contributed by atoms with Crippen LogP contribution >= 0.6 is 0 Å². The molecule has 0 heterocycles. The average Bonchev–Trinajstić information content (AvgIpc) is 2.38. The minimum Gasteiger partial charge on any atom is -0.396 e. The van der Waals surface area contributed by atoms with Crippen LogP contribution in [0, 0.1) is 11.3 Å². The Morgan fingerprint density at radius 2 is 1.95 bits per heavy atom. The molecule has 6 heteroatoms. The van der Waals surface area contributed by atoms with Gasteiger partial charge in [0.15, 0.2) is 0 Å². The van der Waals surface area contributed by atoms with Gasteiger partial charge in [0.2, 0.25) is 10.0 Å². The van der Waals surface area contributed by atoms with Crippen molar-refractivity contribution in [2.45, 2.75) is 37.1 Å². The third kappa shape index (κ3) is 4.03. The summed E-state index contributed by atoms with van der Waals surface area (Å²) >= 11 is 0. The Labute approximate surface area is 113 Å². The molecule has 1 rings (SSSR count).